The first kappa shape index (κ1) is 23.3. The highest BCUT2D eigenvalue weighted by atomic mass is 35.5. The molecular weight excluding hydrogens is 475 g/mol. The quantitative estimate of drug-likeness (QED) is 0.151. The number of halogens is 2. The van der Waals surface area contributed by atoms with Crippen LogP contribution in [0, 0.1) is 0 Å². The molecule has 1 N–H and O–H groups in total. The van der Waals surface area contributed by atoms with Crippen LogP contribution < -0.4 is 14.9 Å². The summed E-state index contributed by atoms with van der Waals surface area (Å²) in [5, 5.41) is 6.68. The van der Waals surface area contributed by atoms with Crippen LogP contribution in [0.2, 0.25) is 10.0 Å². The van der Waals surface area contributed by atoms with Crippen molar-refractivity contribution in [1.29, 1.82) is 0 Å². The molecule has 4 rings (SSSR count). The van der Waals surface area contributed by atoms with Gasteiger partial charge in [-0.25, -0.2) is 10.2 Å². The molecule has 0 aliphatic rings. The van der Waals surface area contributed by atoms with E-state index in [0.29, 0.717) is 22.1 Å². The van der Waals surface area contributed by atoms with Gasteiger partial charge in [0.2, 0.25) is 0 Å². The van der Waals surface area contributed by atoms with Crippen LogP contribution in [-0.2, 0) is 4.79 Å². The monoisotopic (exact) mass is 492 g/mol. The lowest BCUT2D eigenvalue weighted by molar-refractivity contribution is -0.123. The summed E-state index contributed by atoms with van der Waals surface area (Å²) in [5.74, 6) is -0.0552. The minimum atomic E-state index is -0.596. The Morgan fingerprint density at radius 3 is 2.35 bits per heavy atom. The van der Waals surface area contributed by atoms with E-state index in [1.54, 1.807) is 30.3 Å². The Hall–Kier alpha value is -3.87. The van der Waals surface area contributed by atoms with Crippen LogP contribution in [-0.4, -0.2) is 24.7 Å². The van der Waals surface area contributed by atoms with E-state index in [0.717, 1.165) is 10.8 Å². The summed E-state index contributed by atoms with van der Waals surface area (Å²) in [4.78, 5) is 24.3. The van der Waals surface area contributed by atoms with Crippen molar-refractivity contribution in [1.82, 2.24) is 5.43 Å². The first-order valence-electron chi connectivity index (χ1n) is 10.2. The van der Waals surface area contributed by atoms with Gasteiger partial charge >= 0.3 is 5.97 Å². The number of carbonyl (C=O) groups is 2. The number of hydrazone groups is 1. The molecule has 0 unspecified atom stereocenters. The van der Waals surface area contributed by atoms with Crippen LogP contribution in [0.25, 0.3) is 10.8 Å². The molecule has 0 heterocycles. The second-order valence-corrected chi connectivity index (χ2v) is 8.02. The van der Waals surface area contributed by atoms with E-state index in [2.05, 4.69) is 10.5 Å². The van der Waals surface area contributed by atoms with E-state index >= 15 is 0 Å². The van der Waals surface area contributed by atoms with Gasteiger partial charge < -0.3 is 9.47 Å². The van der Waals surface area contributed by atoms with Crippen molar-refractivity contribution in [3.63, 3.8) is 0 Å². The third-order valence-corrected chi connectivity index (χ3v) is 5.28. The van der Waals surface area contributed by atoms with E-state index in [1.807, 2.05) is 42.5 Å². The highest BCUT2D eigenvalue weighted by Crippen LogP contribution is 2.23. The zero-order chi connectivity index (χ0) is 23.9. The molecule has 0 aliphatic carbocycles. The molecule has 8 heteroatoms. The molecule has 0 saturated heterocycles. The van der Waals surface area contributed by atoms with Gasteiger partial charge in [-0.15, -0.1) is 0 Å². The third kappa shape index (κ3) is 6.13. The average molecular weight is 493 g/mol. The molecule has 4 aromatic rings. The minimum absolute atomic E-state index is 0.169. The van der Waals surface area contributed by atoms with Crippen LogP contribution in [0.15, 0.2) is 90.0 Å². The smallest absolute Gasteiger partial charge is 0.345 e. The maximum atomic E-state index is 12.3. The zero-order valence-corrected chi connectivity index (χ0v) is 19.2. The molecule has 4 aromatic carbocycles. The van der Waals surface area contributed by atoms with Crippen LogP contribution in [0.1, 0.15) is 15.9 Å². The van der Waals surface area contributed by atoms with E-state index in [9.17, 15) is 9.59 Å². The molecule has 34 heavy (non-hydrogen) atoms. The lowest BCUT2D eigenvalue weighted by Gasteiger charge is -2.07. The maximum Gasteiger partial charge on any atom is 0.345 e. The maximum absolute atomic E-state index is 12.3. The Morgan fingerprint density at radius 1 is 0.853 bits per heavy atom. The van der Waals surface area contributed by atoms with Gasteiger partial charge in [-0.3, -0.25) is 4.79 Å². The molecule has 0 aromatic heterocycles. The lowest BCUT2D eigenvalue weighted by atomic mass is 10.1. The van der Waals surface area contributed by atoms with Crippen molar-refractivity contribution in [3.8, 4) is 11.5 Å². The van der Waals surface area contributed by atoms with Gasteiger partial charge in [0.1, 0.15) is 11.5 Å². The van der Waals surface area contributed by atoms with E-state index in [1.165, 1.54) is 18.3 Å². The fraction of sp³-hybridized carbons (Fsp3) is 0.0385. The van der Waals surface area contributed by atoms with E-state index in [-0.39, 0.29) is 17.2 Å². The molecule has 0 fully saturated rings. The predicted octanol–water partition coefficient (Wildman–Crippen LogP) is 5.89. The van der Waals surface area contributed by atoms with Gasteiger partial charge in [-0.2, -0.15) is 5.10 Å². The van der Waals surface area contributed by atoms with Gasteiger partial charge in [0.15, 0.2) is 6.61 Å². The van der Waals surface area contributed by atoms with E-state index < -0.39 is 11.9 Å². The summed E-state index contributed by atoms with van der Waals surface area (Å²) in [6.07, 6.45) is 1.47. The summed E-state index contributed by atoms with van der Waals surface area (Å²) in [5.41, 5.74) is 3.32. The van der Waals surface area contributed by atoms with Crippen molar-refractivity contribution in [3.05, 3.63) is 106 Å². The standard InChI is InChI=1S/C26H18Cl2N2O4/c27-20-8-12-23(24(28)14-20)26(32)34-21-9-5-17(6-10-21)15-29-30-25(31)16-33-22-11-7-18-3-1-2-4-19(18)13-22/h1-15H,16H2,(H,30,31). The van der Waals surface area contributed by atoms with Crippen LogP contribution in [0.3, 0.4) is 0 Å². The third-order valence-electron chi connectivity index (χ3n) is 4.74. The zero-order valence-electron chi connectivity index (χ0n) is 17.7. The molecule has 6 nitrogen and oxygen atoms in total. The van der Waals surface area contributed by atoms with Crippen molar-refractivity contribution < 1.29 is 19.1 Å². The Kier molecular flexibility index (Phi) is 7.42. The molecule has 0 atom stereocenters. The highest BCUT2D eigenvalue weighted by Gasteiger charge is 2.13. The number of hydrogen-bond acceptors (Lipinski definition) is 5. The van der Waals surface area contributed by atoms with Crippen molar-refractivity contribution in [2.45, 2.75) is 0 Å². The highest BCUT2D eigenvalue weighted by molar-refractivity contribution is 6.36. The molecule has 0 saturated carbocycles. The molecule has 170 valence electrons. The van der Waals surface area contributed by atoms with Crippen molar-refractivity contribution in [2.75, 3.05) is 6.61 Å². The number of benzene rings is 4. The van der Waals surface area contributed by atoms with Gasteiger partial charge in [-0.05, 0) is 70.9 Å². The Morgan fingerprint density at radius 2 is 1.59 bits per heavy atom. The first-order valence-corrected chi connectivity index (χ1v) is 10.9. The van der Waals surface area contributed by atoms with E-state index in [4.69, 9.17) is 32.7 Å². The number of nitrogens with zero attached hydrogens (tertiary/aromatic N) is 1. The van der Waals surface area contributed by atoms with Crippen LogP contribution >= 0.6 is 23.2 Å². The van der Waals surface area contributed by atoms with Gasteiger partial charge in [-0.1, -0.05) is 53.5 Å². The number of hydrogen-bond donors (Lipinski definition) is 1. The predicted molar refractivity (Wildman–Crippen MR) is 133 cm³/mol. The number of carbonyl (C=O) groups excluding carboxylic acids is 2. The largest absolute Gasteiger partial charge is 0.484 e. The normalized spacial score (nSPS) is 10.9. The molecule has 1 amide bonds. The number of ether oxygens (including phenoxy) is 2. The minimum Gasteiger partial charge on any atom is -0.484 e. The SMILES string of the molecule is O=C(COc1ccc2ccccc2c1)NN=Cc1ccc(OC(=O)c2ccc(Cl)cc2Cl)cc1. The topological polar surface area (TPSA) is 77.0 Å². The number of fused-ring (bicyclic) bond motifs is 1. The number of rotatable bonds is 7. The summed E-state index contributed by atoms with van der Waals surface area (Å²) < 4.78 is 10.9. The van der Waals surface area contributed by atoms with Gasteiger partial charge in [0.25, 0.3) is 5.91 Å². The summed E-state index contributed by atoms with van der Waals surface area (Å²) >= 11 is 11.9. The Bertz CT molecular complexity index is 1370. The molecule has 0 aliphatic heterocycles. The van der Waals surface area contributed by atoms with Crippen molar-refractivity contribution >= 4 is 52.1 Å². The summed E-state index contributed by atoms with van der Waals surface area (Å²) in [6.45, 7) is -0.169. The van der Waals surface area contributed by atoms with Crippen molar-refractivity contribution in [2.24, 2.45) is 5.10 Å². The second-order valence-electron chi connectivity index (χ2n) is 7.17. The Balaban J connectivity index is 1.26. The molecular formula is C26H18Cl2N2O4. The van der Waals surface area contributed by atoms with Crippen LogP contribution in [0.4, 0.5) is 0 Å². The number of nitrogens with one attached hydrogen (secondary N) is 1. The molecule has 0 bridgehead atoms. The van der Waals surface area contributed by atoms with Gasteiger partial charge in [0.05, 0.1) is 16.8 Å². The second kappa shape index (κ2) is 10.8. The fourth-order valence-corrected chi connectivity index (χ4v) is 3.54. The summed E-state index contributed by atoms with van der Waals surface area (Å²) in [7, 11) is 0. The van der Waals surface area contributed by atoms with Gasteiger partial charge in [0, 0.05) is 5.02 Å². The summed E-state index contributed by atoms with van der Waals surface area (Å²) in [6, 6.07) is 24.6. The number of amides is 1. The molecule has 0 spiro atoms. The Labute approximate surface area is 205 Å². The van der Waals surface area contributed by atoms with Crippen LogP contribution in [0.5, 0.6) is 11.5 Å². The average Bonchev–Trinajstić information content (AvgIpc) is 2.83. The molecule has 0 radical (unpaired) electrons. The first-order chi connectivity index (χ1) is 16.5. The fourth-order valence-electron chi connectivity index (χ4n) is 3.06. The number of esters is 1. The lowest BCUT2D eigenvalue weighted by Crippen LogP contribution is -2.24.